The van der Waals surface area contributed by atoms with Crippen molar-refractivity contribution in [1.29, 1.82) is 0 Å². The van der Waals surface area contributed by atoms with Gasteiger partial charge in [-0.1, -0.05) is 52.6 Å². The van der Waals surface area contributed by atoms with Gasteiger partial charge >= 0.3 is 18.2 Å². The van der Waals surface area contributed by atoms with Crippen LogP contribution in [0.5, 0.6) is 11.5 Å². The van der Waals surface area contributed by atoms with Crippen LogP contribution in [0.3, 0.4) is 0 Å². The molecule has 0 bridgehead atoms. The van der Waals surface area contributed by atoms with Gasteiger partial charge in [-0.2, -0.15) is 13.2 Å². The molecule has 2 N–H and O–H groups in total. The molecule has 2 amide bonds. The number of carboxylic acids is 1. The summed E-state index contributed by atoms with van der Waals surface area (Å²) < 4.78 is 42.9. The Morgan fingerprint density at radius 2 is 1.63 bits per heavy atom. The van der Waals surface area contributed by atoms with Crippen LogP contribution in [0.1, 0.15) is 5.56 Å². The van der Waals surface area contributed by atoms with Gasteiger partial charge in [0.1, 0.15) is 11.5 Å². The molecule has 14 heteroatoms. The van der Waals surface area contributed by atoms with E-state index >= 15 is 0 Å². The van der Waals surface area contributed by atoms with Gasteiger partial charge in [0, 0.05) is 38.8 Å². The van der Waals surface area contributed by atoms with Crippen LogP contribution in [0.2, 0.25) is 10.0 Å². The molecule has 0 saturated carbocycles. The molecule has 5 rings (SSSR count). The Hall–Kier alpha value is -4.00. The number of urea groups is 1. The lowest BCUT2D eigenvalue weighted by Gasteiger charge is -2.34. The average molecular weight is 611 g/mol. The Morgan fingerprint density at radius 3 is 2.32 bits per heavy atom. The van der Waals surface area contributed by atoms with E-state index < -0.39 is 12.1 Å². The monoisotopic (exact) mass is 610 g/mol. The highest BCUT2D eigenvalue weighted by Crippen LogP contribution is 2.30. The number of ether oxygens (including phenoxy) is 1. The molecule has 216 valence electrons. The molecular weight excluding hydrogens is 588 g/mol. The van der Waals surface area contributed by atoms with Crippen molar-refractivity contribution in [1.82, 2.24) is 15.0 Å². The van der Waals surface area contributed by atoms with E-state index in [0.29, 0.717) is 40.3 Å². The summed E-state index contributed by atoms with van der Waals surface area (Å²) >= 11 is 12.1. The molecule has 2 heterocycles. The first kappa shape index (κ1) is 30.0. The van der Waals surface area contributed by atoms with Gasteiger partial charge in [0.25, 0.3) is 0 Å². The van der Waals surface area contributed by atoms with Crippen molar-refractivity contribution in [3.05, 3.63) is 82.3 Å². The largest absolute Gasteiger partial charge is 0.490 e. The first-order chi connectivity index (χ1) is 19.5. The molecule has 0 spiro atoms. The highest BCUT2D eigenvalue weighted by molar-refractivity contribution is 6.42. The third kappa shape index (κ3) is 8.26. The fraction of sp³-hybridized carbons (Fsp3) is 0.222. The number of halogens is 5. The van der Waals surface area contributed by atoms with Gasteiger partial charge in [-0.05, 0) is 42.0 Å². The summed E-state index contributed by atoms with van der Waals surface area (Å²) in [6.45, 7) is 3.56. The molecule has 41 heavy (non-hydrogen) atoms. The summed E-state index contributed by atoms with van der Waals surface area (Å²) in [5.74, 6) is -0.950. The van der Waals surface area contributed by atoms with E-state index in [2.05, 4.69) is 21.4 Å². The quantitative estimate of drug-likeness (QED) is 0.253. The summed E-state index contributed by atoms with van der Waals surface area (Å²) in [6, 6.07) is 20.4. The Bertz CT molecular complexity index is 1520. The van der Waals surface area contributed by atoms with Gasteiger partial charge in [-0.3, -0.25) is 10.2 Å². The number of piperazine rings is 1. The van der Waals surface area contributed by atoms with Crippen LogP contribution in [-0.2, 0) is 11.3 Å². The lowest BCUT2D eigenvalue weighted by molar-refractivity contribution is -0.192. The van der Waals surface area contributed by atoms with Crippen molar-refractivity contribution < 1.29 is 37.1 Å². The zero-order chi connectivity index (χ0) is 29.6. The third-order valence-corrected chi connectivity index (χ3v) is 6.68. The number of para-hydroxylation sites is 1. The van der Waals surface area contributed by atoms with Gasteiger partial charge in [0.05, 0.1) is 15.4 Å². The zero-order valence-electron chi connectivity index (χ0n) is 21.2. The maximum absolute atomic E-state index is 12.7. The van der Waals surface area contributed by atoms with Gasteiger partial charge < -0.3 is 19.3 Å². The second kappa shape index (κ2) is 13.1. The van der Waals surface area contributed by atoms with Gasteiger partial charge in [0.15, 0.2) is 11.4 Å². The van der Waals surface area contributed by atoms with Crippen molar-refractivity contribution in [2.24, 2.45) is 0 Å². The molecule has 1 fully saturated rings. The van der Waals surface area contributed by atoms with Crippen molar-refractivity contribution in [2.75, 3.05) is 31.5 Å². The van der Waals surface area contributed by atoms with Crippen LogP contribution in [0.25, 0.3) is 11.0 Å². The molecule has 0 aliphatic carbocycles. The minimum atomic E-state index is -5.08. The second-order valence-corrected chi connectivity index (χ2v) is 9.66. The molecule has 9 nitrogen and oxygen atoms in total. The molecule has 4 aromatic rings. The van der Waals surface area contributed by atoms with Crippen molar-refractivity contribution in [2.45, 2.75) is 12.7 Å². The minimum absolute atomic E-state index is 0.171. The van der Waals surface area contributed by atoms with Crippen LogP contribution in [0, 0.1) is 0 Å². The van der Waals surface area contributed by atoms with E-state index in [4.69, 9.17) is 42.4 Å². The fourth-order valence-corrected chi connectivity index (χ4v) is 4.20. The Kier molecular flexibility index (Phi) is 9.58. The maximum atomic E-state index is 12.7. The van der Waals surface area contributed by atoms with Crippen LogP contribution in [0.4, 0.5) is 23.8 Å². The van der Waals surface area contributed by atoms with E-state index in [1.165, 1.54) is 0 Å². The van der Waals surface area contributed by atoms with E-state index in [1.54, 1.807) is 23.1 Å². The summed E-state index contributed by atoms with van der Waals surface area (Å²) in [7, 11) is 0. The smallest absolute Gasteiger partial charge is 0.475 e. The Balaban J connectivity index is 0.000000493. The number of aliphatic carboxylic acids is 1. The normalized spacial score (nSPS) is 13.8. The lowest BCUT2D eigenvalue weighted by atomic mass is 10.2. The molecule has 0 atom stereocenters. The van der Waals surface area contributed by atoms with Crippen molar-refractivity contribution in [3.8, 4) is 11.5 Å². The number of nitrogens with zero attached hydrogens (tertiary/aromatic N) is 3. The van der Waals surface area contributed by atoms with Crippen LogP contribution >= 0.6 is 23.2 Å². The predicted molar refractivity (Wildman–Crippen MR) is 147 cm³/mol. The second-order valence-electron chi connectivity index (χ2n) is 8.85. The number of hydrogen-bond acceptors (Lipinski definition) is 6. The molecule has 1 aliphatic heterocycles. The van der Waals surface area contributed by atoms with E-state index in [-0.39, 0.29) is 6.03 Å². The predicted octanol–water partition coefficient (Wildman–Crippen LogP) is 6.91. The maximum Gasteiger partial charge on any atom is 0.490 e. The number of nitrogens with one attached hydrogen (secondary N) is 1. The molecule has 1 aliphatic rings. The molecular formula is C27H23Cl2F3N4O5. The molecule has 0 unspecified atom stereocenters. The number of carbonyl (C=O) groups excluding carboxylic acids is 1. The van der Waals surface area contributed by atoms with Gasteiger partial charge in [-0.25, -0.2) is 9.59 Å². The lowest BCUT2D eigenvalue weighted by Crippen LogP contribution is -2.49. The first-order valence-electron chi connectivity index (χ1n) is 12.1. The molecule has 0 radical (unpaired) electrons. The van der Waals surface area contributed by atoms with Crippen molar-refractivity contribution in [3.63, 3.8) is 0 Å². The SMILES string of the molecule is O=C(Nc1noc2ccccc12)N1CCN(Cc2cccc(Oc3ccc(Cl)c(Cl)c3)c2)CC1.O=C(O)C(F)(F)F. The molecule has 1 saturated heterocycles. The summed E-state index contributed by atoms with van der Waals surface area (Å²) in [6.07, 6.45) is -5.08. The average Bonchev–Trinajstić information content (AvgIpc) is 3.34. The summed E-state index contributed by atoms with van der Waals surface area (Å²) in [5, 5.41) is 15.7. The summed E-state index contributed by atoms with van der Waals surface area (Å²) in [4.78, 5) is 25.7. The number of carbonyl (C=O) groups is 2. The van der Waals surface area contributed by atoms with Crippen molar-refractivity contribution >= 4 is 52.0 Å². The van der Waals surface area contributed by atoms with Crippen LogP contribution in [-0.4, -0.2) is 64.4 Å². The first-order valence-corrected chi connectivity index (χ1v) is 12.9. The number of amides is 2. The van der Waals surface area contributed by atoms with E-state index in [9.17, 15) is 18.0 Å². The standard InChI is InChI=1S/C25H22Cl2N4O3.C2HF3O2/c26-21-9-8-19(15-22(21)27)33-18-5-3-4-17(14-18)16-30-10-12-31(13-11-30)25(32)28-24-20-6-1-2-7-23(20)34-29-24;3-2(4,5)1(6)7/h1-9,14-15H,10-13,16H2,(H,28,29,32);(H,6,7). The number of fused-ring (bicyclic) bond motifs is 1. The van der Waals surface area contributed by atoms with Crippen LogP contribution < -0.4 is 10.1 Å². The minimum Gasteiger partial charge on any atom is -0.475 e. The number of carboxylic acid groups (broad SMARTS) is 1. The highest BCUT2D eigenvalue weighted by Gasteiger charge is 2.38. The van der Waals surface area contributed by atoms with E-state index in [0.717, 1.165) is 36.3 Å². The van der Waals surface area contributed by atoms with Gasteiger partial charge in [-0.15, -0.1) is 0 Å². The number of rotatable bonds is 5. The van der Waals surface area contributed by atoms with E-state index in [1.807, 2.05) is 42.5 Å². The fourth-order valence-electron chi connectivity index (χ4n) is 3.91. The highest BCUT2D eigenvalue weighted by atomic mass is 35.5. The topological polar surface area (TPSA) is 108 Å². The summed E-state index contributed by atoms with van der Waals surface area (Å²) in [5.41, 5.74) is 1.78. The molecule has 1 aromatic heterocycles. The van der Waals surface area contributed by atoms with Gasteiger partial charge in [0.2, 0.25) is 0 Å². The molecule has 3 aromatic carbocycles. The number of anilines is 1. The zero-order valence-corrected chi connectivity index (χ0v) is 22.7. The third-order valence-electron chi connectivity index (χ3n) is 5.94. The number of hydrogen-bond donors (Lipinski definition) is 2. The number of aromatic nitrogens is 1. The Labute approximate surface area is 242 Å². The number of benzene rings is 3. The van der Waals surface area contributed by atoms with Crippen LogP contribution in [0.15, 0.2) is 71.3 Å². The number of alkyl halides is 3. The Morgan fingerprint density at radius 1 is 0.951 bits per heavy atom.